The van der Waals surface area contributed by atoms with Gasteiger partial charge in [0.15, 0.2) is 6.29 Å². The maximum Gasteiger partial charge on any atom is 0.330 e. The third kappa shape index (κ3) is 4.27. The fraction of sp³-hybridized carbons (Fsp3) is 0.919. The third-order valence-corrected chi connectivity index (χ3v) is 15.3. The van der Waals surface area contributed by atoms with Crippen LogP contribution in [0.5, 0.6) is 0 Å². The Kier molecular flexibility index (Phi) is 7.86. The quantitative estimate of drug-likeness (QED) is 0.251. The van der Waals surface area contributed by atoms with Gasteiger partial charge in [-0.05, 0) is 119 Å². The number of hydrogen-bond donors (Lipinski definition) is 2. The summed E-state index contributed by atoms with van der Waals surface area (Å²) in [7, 11) is 3.38. The molecule has 6 aliphatic rings. The molecular weight excluding hydrogens is 556 g/mol. The van der Waals surface area contributed by atoms with Crippen LogP contribution >= 0.6 is 0 Å². The van der Waals surface area contributed by atoms with Crippen LogP contribution < -0.4 is 0 Å². The van der Waals surface area contributed by atoms with Gasteiger partial charge in [0.05, 0.1) is 17.8 Å². The first-order chi connectivity index (χ1) is 20.4. The maximum atomic E-state index is 12.7. The predicted octanol–water partition coefficient (Wildman–Crippen LogP) is 6.44. The Labute approximate surface area is 265 Å². The summed E-state index contributed by atoms with van der Waals surface area (Å²) < 4.78 is 24.1. The highest BCUT2D eigenvalue weighted by Crippen LogP contribution is 2.91. The highest BCUT2D eigenvalue weighted by molar-refractivity contribution is 5.82. The Balaban J connectivity index is 1.26. The molecule has 13 atom stereocenters. The monoisotopic (exact) mass is 616 g/mol. The van der Waals surface area contributed by atoms with Crippen molar-refractivity contribution < 1.29 is 34.0 Å². The van der Waals surface area contributed by atoms with E-state index in [2.05, 4.69) is 27.7 Å². The van der Waals surface area contributed by atoms with Crippen molar-refractivity contribution in [2.75, 3.05) is 14.2 Å². The van der Waals surface area contributed by atoms with Crippen molar-refractivity contribution in [3.05, 3.63) is 11.6 Å². The zero-order valence-corrected chi connectivity index (χ0v) is 29.1. The normalized spacial score (nSPS) is 49.6. The Bertz CT molecular complexity index is 1170. The number of methoxy groups -OCH3 is 2. The van der Waals surface area contributed by atoms with E-state index < -0.39 is 11.7 Å². The number of carbonyl (C=O) groups is 1. The minimum absolute atomic E-state index is 0.0883. The van der Waals surface area contributed by atoms with Crippen molar-refractivity contribution in [3.63, 3.8) is 0 Å². The maximum absolute atomic E-state index is 12.7. The van der Waals surface area contributed by atoms with Crippen molar-refractivity contribution in [2.45, 2.75) is 149 Å². The zero-order chi connectivity index (χ0) is 32.3. The number of fused-ring (bicyclic) bond motifs is 3. The fourth-order valence-electron chi connectivity index (χ4n) is 12.9. The second-order valence-electron chi connectivity index (χ2n) is 17.7. The topological polar surface area (TPSA) is 94.5 Å². The second kappa shape index (κ2) is 10.5. The molecular formula is C37H60O7. The summed E-state index contributed by atoms with van der Waals surface area (Å²) >= 11 is 0. The van der Waals surface area contributed by atoms with Gasteiger partial charge in [-0.3, -0.25) is 0 Å². The molecule has 2 N–H and O–H groups in total. The van der Waals surface area contributed by atoms with Crippen molar-refractivity contribution in [1.82, 2.24) is 0 Å². The lowest BCUT2D eigenvalue weighted by Gasteiger charge is -2.68. The van der Waals surface area contributed by atoms with Gasteiger partial charge in [0.25, 0.3) is 0 Å². The molecule has 0 spiro atoms. The van der Waals surface area contributed by atoms with E-state index in [0.717, 1.165) is 50.5 Å². The van der Waals surface area contributed by atoms with Crippen LogP contribution in [0.2, 0.25) is 0 Å². The Morgan fingerprint density at radius 3 is 2.34 bits per heavy atom. The number of ether oxygens (including phenoxy) is 4. The third-order valence-electron chi connectivity index (χ3n) is 15.3. The van der Waals surface area contributed by atoms with Gasteiger partial charge in [0.1, 0.15) is 12.2 Å². The summed E-state index contributed by atoms with van der Waals surface area (Å²) in [5.41, 5.74) is 0.322. The number of aliphatic hydroxyl groups excluding tert-OH is 2. The molecule has 250 valence electrons. The summed E-state index contributed by atoms with van der Waals surface area (Å²) in [5, 5.41) is 23.5. The minimum atomic E-state index is -0.733. The average molecular weight is 617 g/mol. The lowest BCUT2D eigenvalue weighted by Crippen LogP contribution is -2.66. The molecule has 6 fully saturated rings. The van der Waals surface area contributed by atoms with Crippen LogP contribution in [-0.4, -0.2) is 66.7 Å². The number of allylic oxidation sites excluding steroid dienone is 1. The van der Waals surface area contributed by atoms with Gasteiger partial charge in [-0.1, -0.05) is 33.3 Å². The van der Waals surface area contributed by atoms with Gasteiger partial charge in [0, 0.05) is 37.0 Å². The Morgan fingerprint density at radius 2 is 1.70 bits per heavy atom. The SMILES string of the molecule is CO[C@@H]1O[C@@H](C(O)C(C)(C)OC)C[C@H]1[C@@H]1CC[C@]23C[C@]12CC[C@@H]1[C@@]2(C)CC[C@@H](OC(=O)C=C(C)C)C(C)(C)[C@@H]2C[C@@H](O)[C@]13C. The fourth-order valence-corrected chi connectivity index (χ4v) is 12.9. The molecule has 0 aromatic heterocycles. The van der Waals surface area contributed by atoms with Crippen molar-refractivity contribution in [3.8, 4) is 0 Å². The average Bonchev–Trinajstić information content (AvgIpc) is 3.27. The molecule has 0 aromatic carbocycles. The van der Waals surface area contributed by atoms with E-state index in [9.17, 15) is 15.0 Å². The van der Waals surface area contributed by atoms with Crippen LogP contribution in [0.15, 0.2) is 11.6 Å². The van der Waals surface area contributed by atoms with Gasteiger partial charge in [-0.25, -0.2) is 4.79 Å². The lowest BCUT2D eigenvalue weighted by molar-refractivity contribution is -0.245. The van der Waals surface area contributed by atoms with Crippen molar-refractivity contribution >= 4 is 5.97 Å². The van der Waals surface area contributed by atoms with E-state index >= 15 is 0 Å². The molecule has 7 heteroatoms. The molecule has 44 heavy (non-hydrogen) atoms. The number of carbonyl (C=O) groups excluding carboxylic acids is 1. The number of aliphatic hydroxyl groups is 2. The van der Waals surface area contributed by atoms with Crippen molar-refractivity contribution in [1.29, 1.82) is 0 Å². The molecule has 1 saturated heterocycles. The summed E-state index contributed by atoms with van der Waals surface area (Å²) in [6, 6.07) is 0. The van der Waals surface area contributed by atoms with Crippen LogP contribution in [0.1, 0.15) is 113 Å². The zero-order valence-electron chi connectivity index (χ0n) is 29.1. The molecule has 0 bridgehead atoms. The predicted molar refractivity (Wildman–Crippen MR) is 168 cm³/mol. The largest absolute Gasteiger partial charge is 0.459 e. The summed E-state index contributed by atoms with van der Waals surface area (Å²) in [6.45, 7) is 17.2. The van der Waals surface area contributed by atoms with Crippen molar-refractivity contribution in [2.24, 2.45) is 50.7 Å². The van der Waals surface area contributed by atoms with Gasteiger partial charge in [0.2, 0.25) is 0 Å². The van der Waals surface area contributed by atoms with Gasteiger partial charge in [-0.2, -0.15) is 0 Å². The first-order valence-electron chi connectivity index (χ1n) is 17.4. The molecule has 7 nitrogen and oxygen atoms in total. The summed E-state index contributed by atoms with van der Waals surface area (Å²) in [4.78, 5) is 12.7. The molecule has 5 aliphatic carbocycles. The number of hydrogen-bond acceptors (Lipinski definition) is 7. The van der Waals surface area contributed by atoms with E-state index in [0.29, 0.717) is 11.8 Å². The molecule has 1 aliphatic heterocycles. The molecule has 0 amide bonds. The summed E-state index contributed by atoms with van der Waals surface area (Å²) in [6.07, 6.45) is 8.94. The minimum Gasteiger partial charge on any atom is -0.459 e. The second-order valence-corrected chi connectivity index (χ2v) is 17.7. The van der Waals surface area contributed by atoms with Crippen LogP contribution in [0, 0.1) is 50.7 Å². The number of rotatable bonds is 7. The lowest BCUT2D eigenvalue weighted by atomic mass is 9.37. The first-order valence-corrected chi connectivity index (χ1v) is 17.4. The van der Waals surface area contributed by atoms with E-state index in [1.165, 1.54) is 12.8 Å². The Morgan fingerprint density at radius 1 is 1.00 bits per heavy atom. The molecule has 6 rings (SSSR count). The first kappa shape index (κ1) is 32.9. The highest BCUT2D eigenvalue weighted by Gasteiger charge is 2.86. The van der Waals surface area contributed by atoms with E-state index in [1.807, 2.05) is 27.7 Å². The van der Waals surface area contributed by atoms with Crippen LogP contribution in [0.25, 0.3) is 0 Å². The van der Waals surface area contributed by atoms with E-state index in [4.69, 9.17) is 18.9 Å². The molecule has 0 radical (unpaired) electrons. The number of esters is 1. The molecule has 1 unspecified atom stereocenters. The molecule has 0 aromatic rings. The summed E-state index contributed by atoms with van der Waals surface area (Å²) in [5.74, 6) is 1.17. The highest BCUT2D eigenvalue weighted by atomic mass is 16.7. The van der Waals surface area contributed by atoms with Crippen LogP contribution in [0.4, 0.5) is 0 Å². The standard InChI is InChI=1S/C37H60O7/c1-21(2)17-29(39)44-28-13-14-34(7)25-12-15-36-20-37(36,35(25,8)27(38)19-26(34)32(28,3)4)16-11-23(36)22-18-24(43-31(22)41-9)30(40)33(5,6)42-10/h17,22-28,30-31,38,40H,11-16,18-20H2,1-10H3/t22-,23-,24+,25+,26-,27+,28+,30?,31+,34+,35-,36+,37+/m0/s1. The van der Waals surface area contributed by atoms with Crippen LogP contribution in [-0.2, 0) is 23.7 Å². The van der Waals surface area contributed by atoms with Gasteiger partial charge >= 0.3 is 5.97 Å². The Hall–Kier alpha value is -0.990. The van der Waals surface area contributed by atoms with E-state index in [-0.39, 0.29) is 69.5 Å². The van der Waals surface area contributed by atoms with Gasteiger partial charge in [-0.15, -0.1) is 0 Å². The van der Waals surface area contributed by atoms with Crippen LogP contribution in [0.3, 0.4) is 0 Å². The van der Waals surface area contributed by atoms with E-state index in [1.54, 1.807) is 20.3 Å². The molecule has 5 saturated carbocycles. The smallest absolute Gasteiger partial charge is 0.330 e. The van der Waals surface area contributed by atoms with Gasteiger partial charge < -0.3 is 29.2 Å². The molecule has 1 heterocycles.